The van der Waals surface area contributed by atoms with E-state index in [0.29, 0.717) is 0 Å². The first kappa shape index (κ1) is 12.0. The Morgan fingerprint density at radius 1 is 1.21 bits per heavy atom. The molecule has 84 valence electrons. The molecule has 3 heteroatoms. The molecule has 14 heavy (non-hydrogen) atoms. The van der Waals surface area contributed by atoms with Crippen LogP contribution in [-0.2, 0) is 9.47 Å². The lowest BCUT2D eigenvalue weighted by atomic mass is 9.93. The molecule has 0 amide bonds. The summed E-state index contributed by atoms with van der Waals surface area (Å²) in [5.41, 5.74) is 0.123. The lowest BCUT2D eigenvalue weighted by molar-refractivity contribution is -0.303. The number of rotatable bonds is 4. The van der Waals surface area contributed by atoms with Crippen molar-refractivity contribution in [1.29, 1.82) is 0 Å². The van der Waals surface area contributed by atoms with Crippen molar-refractivity contribution in [3.63, 3.8) is 0 Å². The number of hydrogen-bond acceptors (Lipinski definition) is 3. The Morgan fingerprint density at radius 3 is 2.21 bits per heavy atom. The zero-order valence-corrected chi connectivity index (χ0v) is 9.51. The second-order valence-corrected chi connectivity index (χ2v) is 4.83. The van der Waals surface area contributed by atoms with Crippen molar-refractivity contribution in [1.82, 2.24) is 0 Å². The summed E-state index contributed by atoms with van der Waals surface area (Å²) in [5.74, 6) is -0.432. The van der Waals surface area contributed by atoms with Crippen molar-refractivity contribution >= 4 is 0 Å². The molecule has 1 N–H and O–H groups in total. The minimum absolute atomic E-state index is 0.123. The molecule has 0 aromatic heterocycles. The summed E-state index contributed by atoms with van der Waals surface area (Å²) in [6.45, 7) is 8.03. The zero-order valence-electron chi connectivity index (χ0n) is 9.51. The summed E-state index contributed by atoms with van der Waals surface area (Å²) in [5, 5.41) is 8.80. The minimum atomic E-state index is -0.432. The zero-order chi connectivity index (χ0) is 10.7. The van der Waals surface area contributed by atoms with Gasteiger partial charge in [0.15, 0.2) is 5.79 Å². The molecule has 0 bridgehead atoms. The Kier molecular flexibility index (Phi) is 3.93. The van der Waals surface area contributed by atoms with Gasteiger partial charge in [0.25, 0.3) is 0 Å². The topological polar surface area (TPSA) is 38.7 Å². The maximum atomic E-state index is 8.80. The second kappa shape index (κ2) is 4.60. The fraction of sp³-hybridized carbons (Fsp3) is 1.00. The van der Waals surface area contributed by atoms with Gasteiger partial charge in [0, 0.05) is 18.4 Å². The van der Waals surface area contributed by atoms with Crippen LogP contribution in [0.15, 0.2) is 0 Å². The van der Waals surface area contributed by atoms with Gasteiger partial charge in [-0.2, -0.15) is 0 Å². The van der Waals surface area contributed by atoms with Gasteiger partial charge >= 0.3 is 0 Å². The van der Waals surface area contributed by atoms with Gasteiger partial charge < -0.3 is 14.6 Å². The van der Waals surface area contributed by atoms with E-state index in [4.69, 9.17) is 14.6 Å². The Bertz CT molecular complexity index is 167. The molecule has 1 aliphatic rings. The third-order valence-corrected chi connectivity index (χ3v) is 2.71. The standard InChI is InChI=1S/C11H22O3/c1-4-11(6-5-7-12)13-8-10(2,3)9-14-11/h12H,4-9H2,1-3H3. The first-order valence-corrected chi connectivity index (χ1v) is 5.42. The molecule has 0 spiro atoms. The Hall–Kier alpha value is -0.120. The highest BCUT2D eigenvalue weighted by molar-refractivity contribution is 4.79. The normalized spacial score (nSPS) is 24.9. The van der Waals surface area contributed by atoms with Gasteiger partial charge in [0.1, 0.15) is 0 Å². The number of aliphatic hydroxyl groups excluding tert-OH is 1. The number of ether oxygens (including phenoxy) is 2. The van der Waals surface area contributed by atoms with Crippen LogP contribution in [0.3, 0.4) is 0 Å². The van der Waals surface area contributed by atoms with Crippen LogP contribution in [0.1, 0.15) is 40.0 Å². The third kappa shape index (κ3) is 2.94. The summed E-state index contributed by atoms with van der Waals surface area (Å²) < 4.78 is 11.6. The highest BCUT2D eigenvalue weighted by atomic mass is 16.7. The van der Waals surface area contributed by atoms with Crippen molar-refractivity contribution in [3.05, 3.63) is 0 Å². The molecular formula is C11H22O3. The molecule has 1 aliphatic heterocycles. The molecule has 3 nitrogen and oxygen atoms in total. The minimum Gasteiger partial charge on any atom is -0.396 e. The smallest absolute Gasteiger partial charge is 0.168 e. The summed E-state index contributed by atoms with van der Waals surface area (Å²) in [6, 6.07) is 0. The Morgan fingerprint density at radius 2 is 1.79 bits per heavy atom. The average Bonchev–Trinajstić information content (AvgIpc) is 2.18. The summed E-state index contributed by atoms with van der Waals surface area (Å²) >= 11 is 0. The van der Waals surface area contributed by atoms with E-state index in [2.05, 4.69) is 20.8 Å². The molecule has 0 aromatic carbocycles. The quantitative estimate of drug-likeness (QED) is 0.757. The lowest BCUT2D eigenvalue weighted by Crippen LogP contribution is -2.47. The van der Waals surface area contributed by atoms with Gasteiger partial charge in [0.2, 0.25) is 0 Å². The van der Waals surface area contributed by atoms with Crippen LogP contribution < -0.4 is 0 Å². The number of hydrogen-bond donors (Lipinski definition) is 1. The lowest BCUT2D eigenvalue weighted by Gasteiger charge is -2.43. The van der Waals surface area contributed by atoms with Gasteiger partial charge in [-0.05, 0) is 12.8 Å². The van der Waals surface area contributed by atoms with Crippen molar-refractivity contribution in [2.75, 3.05) is 19.8 Å². The molecule has 1 heterocycles. The van der Waals surface area contributed by atoms with E-state index < -0.39 is 5.79 Å². The van der Waals surface area contributed by atoms with Crippen molar-refractivity contribution in [2.24, 2.45) is 5.41 Å². The molecule has 0 saturated carbocycles. The summed E-state index contributed by atoms with van der Waals surface area (Å²) in [6.07, 6.45) is 2.38. The largest absolute Gasteiger partial charge is 0.396 e. The maximum absolute atomic E-state index is 8.80. The molecular weight excluding hydrogens is 180 g/mol. The van der Waals surface area contributed by atoms with Crippen LogP contribution in [0, 0.1) is 5.41 Å². The van der Waals surface area contributed by atoms with Crippen LogP contribution in [0.25, 0.3) is 0 Å². The highest BCUT2D eigenvalue weighted by Crippen LogP contribution is 2.34. The molecule has 0 radical (unpaired) electrons. The third-order valence-electron chi connectivity index (χ3n) is 2.71. The maximum Gasteiger partial charge on any atom is 0.168 e. The molecule has 0 aliphatic carbocycles. The highest BCUT2D eigenvalue weighted by Gasteiger charge is 2.38. The van der Waals surface area contributed by atoms with E-state index in [1.54, 1.807) is 0 Å². The molecule has 0 aromatic rings. The number of aliphatic hydroxyl groups is 1. The van der Waals surface area contributed by atoms with E-state index in [9.17, 15) is 0 Å². The van der Waals surface area contributed by atoms with Crippen LogP contribution in [0.2, 0.25) is 0 Å². The fourth-order valence-electron chi connectivity index (χ4n) is 1.61. The Balaban J connectivity index is 2.48. The monoisotopic (exact) mass is 202 g/mol. The fourth-order valence-corrected chi connectivity index (χ4v) is 1.61. The summed E-state index contributed by atoms with van der Waals surface area (Å²) in [7, 11) is 0. The molecule has 1 saturated heterocycles. The summed E-state index contributed by atoms with van der Waals surface area (Å²) in [4.78, 5) is 0. The molecule has 1 rings (SSSR count). The average molecular weight is 202 g/mol. The second-order valence-electron chi connectivity index (χ2n) is 4.83. The van der Waals surface area contributed by atoms with Crippen molar-refractivity contribution in [2.45, 2.75) is 45.8 Å². The van der Waals surface area contributed by atoms with E-state index in [-0.39, 0.29) is 12.0 Å². The predicted molar refractivity (Wildman–Crippen MR) is 55.0 cm³/mol. The Labute approximate surface area is 86.4 Å². The SMILES string of the molecule is CCC1(CCCO)OCC(C)(C)CO1. The van der Waals surface area contributed by atoms with E-state index >= 15 is 0 Å². The van der Waals surface area contributed by atoms with Crippen molar-refractivity contribution in [3.8, 4) is 0 Å². The van der Waals surface area contributed by atoms with Crippen LogP contribution in [-0.4, -0.2) is 30.7 Å². The molecule has 1 fully saturated rings. The van der Waals surface area contributed by atoms with Gasteiger partial charge in [0.05, 0.1) is 13.2 Å². The van der Waals surface area contributed by atoms with E-state index in [1.807, 2.05) is 0 Å². The van der Waals surface area contributed by atoms with E-state index in [0.717, 1.165) is 32.5 Å². The molecule has 0 atom stereocenters. The van der Waals surface area contributed by atoms with Crippen LogP contribution in [0.5, 0.6) is 0 Å². The predicted octanol–water partition coefficient (Wildman–Crippen LogP) is 1.94. The van der Waals surface area contributed by atoms with Gasteiger partial charge in [-0.15, -0.1) is 0 Å². The first-order valence-electron chi connectivity index (χ1n) is 5.42. The van der Waals surface area contributed by atoms with Crippen molar-refractivity contribution < 1.29 is 14.6 Å². The molecule has 0 unspecified atom stereocenters. The first-order chi connectivity index (χ1) is 6.54. The van der Waals surface area contributed by atoms with Crippen LogP contribution in [0.4, 0.5) is 0 Å². The van der Waals surface area contributed by atoms with Gasteiger partial charge in [-0.1, -0.05) is 20.8 Å². The van der Waals surface area contributed by atoms with Gasteiger partial charge in [-0.25, -0.2) is 0 Å². The van der Waals surface area contributed by atoms with Crippen LogP contribution >= 0.6 is 0 Å². The van der Waals surface area contributed by atoms with E-state index in [1.165, 1.54) is 0 Å². The van der Waals surface area contributed by atoms with Gasteiger partial charge in [-0.3, -0.25) is 0 Å².